The molecule has 1 spiro atoms. The van der Waals surface area contributed by atoms with Crippen molar-refractivity contribution >= 4 is 33.2 Å². The zero-order valence-electron chi connectivity index (χ0n) is 26.7. The molecule has 0 aromatic heterocycles. The van der Waals surface area contributed by atoms with Gasteiger partial charge in [0.1, 0.15) is 11.4 Å². The normalized spacial score (nSPS) is 33.5. The lowest BCUT2D eigenvalue weighted by Crippen LogP contribution is -2.54. The van der Waals surface area contributed by atoms with E-state index in [1.165, 1.54) is 11.1 Å². The number of carbonyl (C=O) groups is 1. The van der Waals surface area contributed by atoms with Crippen LogP contribution in [0.2, 0.25) is 5.02 Å². The topological polar surface area (TPSA) is 94.2 Å². The Labute approximate surface area is 272 Å². The molecule has 2 aromatic rings. The maximum absolute atomic E-state index is 13.5. The lowest BCUT2D eigenvalue weighted by Gasteiger charge is -2.50. The van der Waals surface area contributed by atoms with Crippen molar-refractivity contribution in [2.45, 2.75) is 68.6 Å². The van der Waals surface area contributed by atoms with E-state index in [2.05, 4.69) is 27.8 Å². The van der Waals surface area contributed by atoms with Crippen LogP contribution in [0.15, 0.2) is 48.6 Å². The fourth-order valence-corrected chi connectivity index (χ4v) is 9.49. The summed E-state index contributed by atoms with van der Waals surface area (Å²) in [5.74, 6) is 0.352. The van der Waals surface area contributed by atoms with Crippen LogP contribution in [0.3, 0.4) is 0 Å². The molecule has 2 aromatic carbocycles. The molecule has 1 fully saturated rings. The molecule has 0 unspecified atom stereocenters. The number of allylic oxidation sites excluding steroid dienone is 1. The molecule has 2 aliphatic carbocycles. The largest absolute Gasteiger partial charge is 0.490 e. The molecular formula is C35H45ClN2O6S. The summed E-state index contributed by atoms with van der Waals surface area (Å²) in [4.78, 5) is 15.8. The van der Waals surface area contributed by atoms with Gasteiger partial charge in [0, 0.05) is 43.3 Å². The maximum Gasteiger partial charge on any atom is 0.264 e. The zero-order chi connectivity index (χ0) is 32.0. The number of sulfonamides is 1. The molecule has 1 amide bonds. The molecule has 4 aliphatic rings. The lowest BCUT2D eigenvalue weighted by molar-refractivity contribution is -0.110. The standard InChI is InChI=1S/C35H45ClN2O6S/c1-23-7-5-16-35(43-4,22-42-3)30-12-9-27(30)19-38-20-34(15-6-8-25-17-28(36)11-13-29(25)34)21-44-32-14-10-26(18-31(32)38)33(39)37-45(40,41)24(23)2/h5,10-11,13-14,16-18,23-24,27,30H,6-9,12,15,19-22H2,1-4H3,(H,37,39)/b16-5+/t23-,24+,27-,30+,34-,35-/m0/s1. The summed E-state index contributed by atoms with van der Waals surface area (Å²) in [6, 6.07) is 11.5. The Kier molecular flexibility index (Phi) is 9.02. The number of nitrogens with zero attached hydrogens (tertiary/aromatic N) is 1. The number of benzene rings is 2. The van der Waals surface area contributed by atoms with Crippen molar-refractivity contribution in [3.8, 4) is 5.75 Å². The van der Waals surface area contributed by atoms with E-state index in [0.717, 1.165) is 49.4 Å². The zero-order valence-corrected chi connectivity index (χ0v) is 28.3. The highest BCUT2D eigenvalue weighted by molar-refractivity contribution is 7.90. The Bertz CT molecular complexity index is 1580. The monoisotopic (exact) mass is 656 g/mol. The number of aryl methyl sites for hydroxylation is 1. The predicted molar refractivity (Wildman–Crippen MR) is 177 cm³/mol. The van der Waals surface area contributed by atoms with Gasteiger partial charge in [-0.2, -0.15) is 0 Å². The Morgan fingerprint density at radius 3 is 2.69 bits per heavy atom. The Balaban J connectivity index is 1.46. The summed E-state index contributed by atoms with van der Waals surface area (Å²) in [5, 5.41) is -0.0439. The van der Waals surface area contributed by atoms with E-state index in [4.69, 9.17) is 25.8 Å². The first-order valence-corrected chi connectivity index (χ1v) is 18.0. The van der Waals surface area contributed by atoms with Crippen molar-refractivity contribution in [3.63, 3.8) is 0 Å². The molecule has 0 radical (unpaired) electrons. The van der Waals surface area contributed by atoms with Gasteiger partial charge in [-0.3, -0.25) is 4.79 Å². The summed E-state index contributed by atoms with van der Waals surface area (Å²) in [5.41, 5.74) is 2.73. The number of hydrogen-bond donors (Lipinski definition) is 1. The quantitative estimate of drug-likeness (QED) is 0.410. The van der Waals surface area contributed by atoms with E-state index in [-0.39, 0.29) is 17.3 Å². The SMILES string of the molecule is COC[C@@]1(OC)/C=C/C[C@H](C)[C@@H](C)S(=O)(=O)NC(=O)c2ccc3c(c2)N(C[C@@H]2CC[C@H]21)C[C@@]1(CCCc2cc(Cl)ccc21)CO3. The van der Waals surface area contributed by atoms with Gasteiger partial charge in [0.25, 0.3) is 5.91 Å². The molecule has 6 atom stereocenters. The van der Waals surface area contributed by atoms with Gasteiger partial charge in [-0.05, 0) is 105 Å². The molecule has 10 heteroatoms. The third-order valence-electron chi connectivity index (χ3n) is 11.0. The number of halogens is 1. The van der Waals surface area contributed by atoms with Gasteiger partial charge in [-0.25, -0.2) is 13.1 Å². The lowest BCUT2D eigenvalue weighted by atomic mass is 9.64. The van der Waals surface area contributed by atoms with Crippen molar-refractivity contribution in [1.82, 2.24) is 4.72 Å². The minimum absolute atomic E-state index is 0.204. The van der Waals surface area contributed by atoms with E-state index < -0.39 is 26.8 Å². The number of hydrogen-bond acceptors (Lipinski definition) is 7. The highest BCUT2D eigenvalue weighted by atomic mass is 35.5. The van der Waals surface area contributed by atoms with Crippen molar-refractivity contribution in [2.75, 3.05) is 45.4 Å². The average Bonchev–Trinajstić information content (AvgIpc) is 3.15. The van der Waals surface area contributed by atoms with Crippen molar-refractivity contribution < 1.29 is 27.4 Å². The molecule has 2 bridgehead atoms. The Hall–Kier alpha value is -2.59. The van der Waals surface area contributed by atoms with Crippen molar-refractivity contribution in [3.05, 3.63) is 70.3 Å². The first-order valence-electron chi connectivity index (χ1n) is 16.1. The third kappa shape index (κ3) is 6.01. The van der Waals surface area contributed by atoms with Gasteiger partial charge in [-0.1, -0.05) is 36.7 Å². The first kappa shape index (κ1) is 32.4. The van der Waals surface area contributed by atoms with Gasteiger partial charge < -0.3 is 19.1 Å². The minimum atomic E-state index is -3.93. The Morgan fingerprint density at radius 2 is 1.96 bits per heavy atom. The summed E-state index contributed by atoms with van der Waals surface area (Å²) in [6.07, 6.45) is 9.66. The predicted octanol–water partition coefficient (Wildman–Crippen LogP) is 5.92. The van der Waals surface area contributed by atoms with E-state index in [9.17, 15) is 13.2 Å². The molecule has 6 rings (SSSR count). The van der Waals surface area contributed by atoms with Gasteiger partial charge in [0.15, 0.2) is 0 Å². The first-order chi connectivity index (χ1) is 21.5. The van der Waals surface area contributed by atoms with Crippen LogP contribution < -0.4 is 14.4 Å². The number of fused-ring (bicyclic) bond motifs is 4. The maximum atomic E-state index is 13.5. The number of carbonyl (C=O) groups excluding carboxylic acids is 1. The number of methoxy groups -OCH3 is 2. The molecule has 1 N–H and O–H groups in total. The molecule has 45 heavy (non-hydrogen) atoms. The fourth-order valence-electron chi connectivity index (χ4n) is 8.01. The molecular weight excluding hydrogens is 612 g/mol. The van der Waals surface area contributed by atoms with Crippen LogP contribution in [0.5, 0.6) is 5.75 Å². The minimum Gasteiger partial charge on any atom is -0.490 e. The second-order valence-electron chi connectivity index (χ2n) is 13.6. The fraction of sp³-hybridized carbons (Fsp3) is 0.571. The van der Waals surface area contributed by atoms with Gasteiger partial charge in [0.2, 0.25) is 10.0 Å². The highest BCUT2D eigenvalue weighted by Crippen LogP contribution is 2.49. The molecule has 0 saturated heterocycles. The summed E-state index contributed by atoms with van der Waals surface area (Å²) in [7, 11) is -0.499. The van der Waals surface area contributed by atoms with Crippen LogP contribution in [-0.2, 0) is 31.3 Å². The number of nitrogens with one attached hydrogen (secondary N) is 1. The molecule has 8 nitrogen and oxygen atoms in total. The number of amides is 1. The number of anilines is 1. The number of rotatable bonds is 3. The van der Waals surface area contributed by atoms with Crippen LogP contribution >= 0.6 is 11.6 Å². The van der Waals surface area contributed by atoms with Crippen molar-refractivity contribution in [2.24, 2.45) is 17.8 Å². The van der Waals surface area contributed by atoms with E-state index in [1.54, 1.807) is 33.3 Å². The second-order valence-corrected chi connectivity index (χ2v) is 16.1. The molecule has 2 aliphatic heterocycles. The van der Waals surface area contributed by atoms with E-state index in [1.807, 2.05) is 25.1 Å². The average molecular weight is 657 g/mol. The Morgan fingerprint density at radius 1 is 1.13 bits per heavy atom. The second kappa shape index (κ2) is 12.5. The van der Waals surface area contributed by atoms with Gasteiger partial charge in [0.05, 0.1) is 24.2 Å². The van der Waals surface area contributed by atoms with Gasteiger partial charge in [-0.15, -0.1) is 0 Å². The van der Waals surface area contributed by atoms with Crippen LogP contribution in [0, 0.1) is 17.8 Å². The summed E-state index contributed by atoms with van der Waals surface area (Å²) in [6.45, 7) is 5.90. The van der Waals surface area contributed by atoms with Crippen LogP contribution in [0.1, 0.15) is 67.4 Å². The van der Waals surface area contributed by atoms with Crippen LogP contribution in [0.4, 0.5) is 5.69 Å². The summed E-state index contributed by atoms with van der Waals surface area (Å²) < 4.78 is 47.7. The van der Waals surface area contributed by atoms with Crippen LogP contribution in [0.25, 0.3) is 0 Å². The van der Waals surface area contributed by atoms with E-state index in [0.29, 0.717) is 43.4 Å². The van der Waals surface area contributed by atoms with Crippen LogP contribution in [-0.4, -0.2) is 65.7 Å². The highest BCUT2D eigenvalue weighted by Gasteiger charge is 2.49. The molecule has 2 heterocycles. The summed E-state index contributed by atoms with van der Waals surface area (Å²) >= 11 is 6.43. The van der Waals surface area contributed by atoms with E-state index >= 15 is 0 Å². The van der Waals surface area contributed by atoms with Gasteiger partial charge >= 0.3 is 0 Å². The number of ether oxygens (including phenoxy) is 3. The smallest absolute Gasteiger partial charge is 0.264 e. The molecule has 1 saturated carbocycles. The molecule has 244 valence electrons. The van der Waals surface area contributed by atoms with Crippen molar-refractivity contribution in [1.29, 1.82) is 0 Å². The third-order valence-corrected chi connectivity index (χ3v) is 13.1.